The molecule has 10 heavy (non-hydrogen) atoms. The number of hydrogen-bond acceptors (Lipinski definition) is 2. The van der Waals surface area contributed by atoms with E-state index in [4.69, 9.17) is 5.11 Å². The van der Waals surface area contributed by atoms with E-state index < -0.39 is 24.1 Å². The predicted molar refractivity (Wildman–Crippen MR) is 27.4 cm³/mol. The lowest BCUT2D eigenvalue weighted by Gasteiger charge is -2.02. The molecule has 0 aliphatic rings. The standard InChI is InChI=1S/C5H5F3O2/c1-3(9)2-4(10)5(6,7)8/h9H,1-2H2. The van der Waals surface area contributed by atoms with Gasteiger partial charge in [-0.2, -0.15) is 13.2 Å². The first-order chi connectivity index (χ1) is 4.34. The topological polar surface area (TPSA) is 37.3 Å². The monoisotopic (exact) mass is 154 g/mol. The number of allylic oxidation sites excluding steroid dienone is 1. The first-order valence-electron chi connectivity index (χ1n) is 2.31. The Morgan fingerprint density at radius 1 is 1.50 bits per heavy atom. The van der Waals surface area contributed by atoms with Crippen LogP contribution in [0.4, 0.5) is 13.2 Å². The van der Waals surface area contributed by atoms with Gasteiger partial charge >= 0.3 is 6.18 Å². The van der Waals surface area contributed by atoms with Crippen molar-refractivity contribution in [2.75, 3.05) is 0 Å². The average Bonchev–Trinajstić information content (AvgIpc) is 1.60. The van der Waals surface area contributed by atoms with E-state index in [2.05, 4.69) is 6.58 Å². The lowest BCUT2D eigenvalue weighted by Crippen LogP contribution is -2.22. The van der Waals surface area contributed by atoms with Crippen molar-refractivity contribution in [1.82, 2.24) is 0 Å². The highest BCUT2D eigenvalue weighted by atomic mass is 19.4. The molecule has 0 saturated heterocycles. The van der Waals surface area contributed by atoms with Crippen LogP contribution in [0.15, 0.2) is 12.3 Å². The fourth-order valence-electron chi connectivity index (χ4n) is 0.286. The molecule has 5 heteroatoms. The van der Waals surface area contributed by atoms with Gasteiger partial charge in [-0.15, -0.1) is 0 Å². The average molecular weight is 154 g/mol. The molecular weight excluding hydrogens is 149 g/mol. The van der Waals surface area contributed by atoms with Crippen LogP contribution in [0.5, 0.6) is 0 Å². The van der Waals surface area contributed by atoms with E-state index in [0.29, 0.717) is 0 Å². The van der Waals surface area contributed by atoms with Crippen molar-refractivity contribution in [2.24, 2.45) is 0 Å². The van der Waals surface area contributed by atoms with Gasteiger partial charge in [0.1, 0.15) is 0 Å². The number of Topliss-reactive ketones (excluding diaryl/α,β-unsaturated/α-hetero) is 1. The second-order valence-electron chi connectivity index (χ2n) is 1.66. The van der Waals surface area contributed by atoms with Crippen molar-refractivity contribution in [2.45, 2.75) is 12.6 Å². The first kappa shape index (κ1) is 9.00. The summed E-state index contributed by atoms with van der Waals surface area (Å²) in [6.45, 7) is 2.74. The van der Waals surface area contributed by atoms with Crippen molar-refractivity contribution in [1.29, 1.82) is 0 Å². The van der Waals surface area contributed by atoms with E-state index in [1.165, 1.54) is 0 Å². The number of aliphatic hydroxyl groups excluding tert-OH is 1. The van der Waals surface area contributed by atoms with Crippen molar-refractivity contribution in [3.8, 4) is 0 Å². The van der Waals surface area contributed by atoms with Gasteiger partial charge in [-0.05, 0) is 0 Å². The zero-order chi connectivity index (χ0) is 8.36. The van der Waals surface area contributed by atoms with Crippen LogP contribution in [0.2, 0.25) is 0 Å². The summed E-state index contributed by atoms with van der Waals surface area (Å²) in [6, 6.07) is 0. The molecule has 0 atom stereocenters. The molecule has 0 amide bonds. The summed E-state index contributed by atoms with van der Waals surface area (Å²) in [5.74, 6) is -2.76. The lowest BCUT2D eigenvalue weighted by atomic mass is 10.2. The van der Waals surface area contributed by atoms with Crippen LogP contribution < -0.4 is 0 Å². The van der Waals surface area contributed by atoms with Crippen LogP contribution in [-0.2, 0) is 4.79 Å². The maximum atomic E-state index is 11.3. The molecule has 0 aromatic rings. The summed E-state index contributed by atoms with van der Waals surface area (Å²) in [5, 5.41) is 8.17. The van der Waals surface area contributed by atoms with Crippen LogP contribution in [0, 0.1) is 0 Å². The van der Waals surface area contributed by atoms with Gasteiger partial charge in [0.25, 0.3) is 0 Å². The number of halogens is 3. The van der Waals surface area contributed by atoms with E-state index in [1.807, 2.05) is 0 Å². The van der Waals surface area contributed by atoms with Gasteiger partial charge in [-0.1, -0.05) is 6.58 Å². The van der Waals surface area contributed by atoms with Gasteiger partial charge in [0, 0.05) is 0 Å². The number of carbonyl (C=O) groups excluding carboxylic acids is 1. The van der Waals surface area contributed by atoms with Crippen LogP contribution in [0.3, 0.4) is 0 Å². The molecular formula is C5H5F3O2. The van der Waals surface area contributed by atoms with Crippen LogP contribution >= 0.6 is 0 Å². The minimum absolute atomic E-state index is 0.776. The Balaban J connectivity index is 3.99. The van der Waals surface area contributed by atoms with E-state index >= 15 is 0 Å². The van der Waals surface area contributed by atoms with Crippen LogP contribution in [0.25, 0.3) is 0 Å². The van der Waals surface area contributed by atoms with Gasteiger partial charge in [0.05, 0.1) is 12.2 Å². The lowest BCUT2D eigenvalue weighted by molar-refractivity contribution is -0.170. The first-order valence-corrected chi connectivity index (χ1v) is 2.31. The van der Waals surface area contributed by atoms with Crippen molar-refractivity contribution >= 4 is 5.78 Å². The van der Waals surface area contributed by atoms with E-state index in [1.54, 1.807) is 0 Å². The Labute approximate surface area is 55.0 Å². The Bertz CT molecular complexity index is 159. The second-order valence-corrected chi connectivity index (χ2v) is 1.66. The van der Waals surface area contributed by atoms with Crippen LogP contribution in [0.1, 0.15) is 6.42 Å². The highest BCUT2D eigenvalue weighted by Crippen LogP contribution is 2.18. The minimum Gasteiger partial charge on any atom is -0.512 e. The molecule has 0 aromatic carbocycles. The Morgan fingerprint density at radius 2 is 1.90 bits per heavy atom. The number of alkyl halides is 3. The van der Waals surface area contributed by atoms with Gasteiger partial charge in [0.15, 0.2) is 0 Å². The molecule has 0 spiro atoms. The normalized spacial score (nSPS) is 11.1. The van der Waals surface area contributed by atoms with E-state index in [0.717, 1.165) is 0 Å². The highest BCUT2D eigenvalue weighted by Gasteiger charge is 2.37. The van der Waals surface area contributed by atoms with Gasteiger partial charge in [-0.25, -0.2) is 0 Å². The fourth-order valence-corrected chi connectivity index (χ4v) is 0.286. The Hall–Kier alpha value is -1.00. The molecule has 0 aromatic heterocycles. The zero-order valence-corrected chi connectivity index (χ0v) is 4.90. The summed E-state index contributed by atoms with van der Waals surface area (Å²) in [7, 11) is 0. The summed E-state index contributed by atoms with van der Waals surface area (Å²) < 4.78 is 33.9. The summed E-state index contributed by atoms with van der Waals surface area (Å²) in [6.07, 6.45) is -5.92. The molecule has 0 saturated carbocycles. The summed E-state index contributed by atoms with van der Waals surface area (Å²) in [5.41, 5.74) is 0. The van der Waals surface area contributed by atoms with Gasteiger partial charge < -0.3 is 5.11 Å². The number of aliphatic hydroxyl groups is 1. The maximum Gasteiger partial charge on any atom is 0.450 e. The van der Waals surface area contributed by atoms with Crippen molar-refractivity contribution in [3.05, 3.63) is 12.3 Å². The molecule has 0 unspecified atom stereocenters. The Morgan fingerprint density at radius 3 is 2.00 bits per heavy atom. The molecule has 0 heterocycles. The third-order valence-corrected chi connectivity index (χ3v) is 0.681. The molecule has 58 valence electrons. The molecule has 0 aliphatic carbocycles. The fraction of sp³-hybridized carbons (Fsp3) is 0.400. The van der Waals surface area contributed by atoms with Crippen LogP contribution in [-0.4, -0.2) is 17.1 Å². The number of ketones is 1. The molecule has 2 nitrogen and oxygen atoms in total. The van der Waals surface area contributed by atoms with Gasteiger partial charge in [-0.3, -0.25) is 4.79 Å². The quantitative estimate of drug-likeness (QED) is 0.613. The predicted octanol–water partition coefficient (Wildman–Crippen LogP) is 1.58. The number of carbonyl (C=O) groups is 1. The van der Waals surface area contributed by atoms with Crippen molar-refractivity contribution < 1.29 is 23.1 Å². The third kappa shape index (κ3) is 3.11. The molecule has 0 fully saturated rings. The van der Waals surface area contributed by atoms with Crippen molar-refractivity contribution in [3.63, 3.8) is 0 Å². The molecule has 0 aliphatic heterocycles. The third-order valence-electron chi connectivity index (χ3n) is 0.681. The largest absolute Gasteiger partial charge is 0.512 e. The second kappa shape index (κ2) is 2.72. The smallest absolute Gasteiger partial charge is 0.450 e. The highest BCUT2D eigenvalue weighted by molar-refractivity contribution is 5.85. The molecule has 0 radical (unpaired) electrons. The SMILES string of the molecule is C=C(O)CC(=O)C(F)(F)F. The zero-order valence-electron chi connectivity index (χ0n) is 4.90. The molecule has 0 rings (SSSR count). The summed E-state index contributed by atoms with van der Waals surface area (Å²) >= 11 is 0. The summed E-state index contributed by atoms with van der Waals surface area (Å²) in [4.78, 5) is 9.93. The van der Waals surface area contributed by atoms with Gasteiger partial charge in [0.2, 0.25) is 5.78 Å². The maximum absolute atomic E-state index is 11.3. The van der Waals surface area contributed by atoms with E-state index in [-0.39, 0.29) is 0 Å². The number of hydrogen-bond donors (Lipinski definition) is 1. The Kier molecular flexibility index (Phi) is 2.45. The number of rotatable bonds is 2. The van der Waals surface area contributed by atoms with E-state index in [9.17, 15) is 18.0 Å². The molecule has 1 N–H and O–H groups in total. The molecule has 0 bridgehead atoms. The minimum atomic E-state index is -4.87.